The first-order chi connectivity index (χ1) is 6.65. The second kappa shape index (κ2) is 5.28. The van der Waals surface area contributed by atoms with Crippen LogP contribution >= 0.6 is 0 Å². The van der Waals surface area contributed by atoms with Gasteiger partial charge in [-0.05, 0) is 18.1 Å². The topological polar surface area (TPSA) is 29.5 Å². The summed E-state index contributed by atoms with van der Waals surface area (Å²) in [6.07, 6.45) is 1.78. The van der Waals surface area contributed by atoms with E-state index >= 15 is 0 Å². The number of hydrogen-bond donors (Lipinski definition) is 1. The van der Waals surface area contributed by atoms with Crippen LogP contribution in [-0.4, -0.2) is 26.1 Å². The lowest BCUT2D eigenvalue weighted by Gasteiger charge is -2.39. The Morgan fingerprint density at radius 1 is 1.40 bits per heavy atom. The quantitative estimate of drug-likeness (QED) is 0.580. The molecule has 0 saturated carbocycles. The Bertz CT molecular complexity index is 206. The monoisotopic (exact) mass is 230 g/mol. The Hall–Kier alpha value is -0.123. The lowest BCUT2D eigenvalue weighted by Crippen LogP contribution is -2.45. The second-order valence-electron chi connectivity index (χ2n) is 5.74. The highest BCUT2D eigenvalue weighted by molar-refractivity contribution is 6.74. The first kappa shape index (κ1) is 14.9. The van der Waals surface area contributed by atoms with E-state index in [2.05, 4.69) is 40.4 Å². The number of aliphatic hydroxyl groups excluding tert-OH is 1. The summed E-state index contributed by atoms with van der Waals surface area (Å²) in [7, 11) is -1.75. The van der Waals surface area contributed by atoms with Crippen LogP contribution in [0.2, 0.25) is 18.1 Å². The van der Waals surface area contributed by atoms with Crippen molar-refractivity contribution >= 4 is 8.32 Å². The predicted molar refractivity (Wildman–Crippen MR) is 68.5 cm³/mol. The number of aliphatic hydroxyl groups is 1. The van der Waals surface area contributed by atoms with Crippen LogP contribution < -0.4 is 0 Å². The highest BCUT2D eigenvalue weighted by Crippen LogP contribution is 2.38. The summed E-state index contributed by atoms with van der Waals surface area (Å²) < 4.78 is 6.17. The fourth-order valence-corrected chi connectivity index (χ4v) is 2.38. The molecule has 0 aliphatic heterocycles. The maximum absolute atomic E-state index is 9.12. The molecule has 0 aromatic rings. The van der Waals surface area contributed by atoms with Crippen molar-refractivity contribution in [1.29, 1.82) is 0 Å². The number of rotatable bonds is 5. The molecule has 0 heterocycles. The van der Waals surface area contributed by atoms with Gasteiger partial charge in [-0.25, -0.2) is 0 Å². The molecule has 90 valence electrons. The summed E-state index contributed by atoms with van der Waals surface area (Å²) >= 11 is 0. The zero-order valence-electron chi connectivity index (χ0n) is 11.0. The van der Waals surface area contributed by atoms with Gasteiger partial charge in [-0.1, -0.05) is 33.8 Å². The first-order valence-corrected chi connectivity index (χ1v) is 8.47. The molecule has 0 radical (unpaired) electrons. The van der Waals surface area contributed by atoms with Crippen molar-refractivity contribution < 1.29 is 9.53 Å². The van der Waals surface area contributed by atoms with Crippen molar-refractivity contribution in [2.24, 2.45) is 5.92 Å². The van der Waals surface area contributed by atoms with Crippen molar-refractivity contribution in [3.05, 3.63) is 12.7 Å². The average Bonchev–Trinajstić information content (AvgIpc) is 2.11. The van der Waals surface area contributed by atoms with Gasteiger partial charge in [0.15, 0.2) is 8.32 Å². The van der Waals surface area contributed by atoms with Crippen LogP contribution in [0.5, 0.6) is 0 Å². The van der Waals surface area contributed by atoms with Gasteiger partial charge in [0.05, 0.1) is 6.10 Å². The minimum atomic E-state index is -1.75. The third-order valence-electron chi connectivity index (χ3n) is 3.32. The van der Waals surface area contributed by atoms with Gasteiger partial charge in [0.25, 0.3) is 0 Å². The maximum Gasteiger partial charge on any atom is 0.192 e. The van der Waals surface area contributed by atoms with E-state index in [1.807, 2.05) is 6.92 Å². The first-order valence-electron chi connectivity index (χ1n) is 5.57. The molecule has 0 bridgehead atoms. The fourth-order valence-electron chi connectivity index (χ4n) is 1.02. The molecule has 1 N–H and O–H groups in total. The van der Waals surface area contributed by atoms with Gasteiger partial charge in [-0.3, -0.25) is 0 Å². The lowest BCUT2D eigenvalue weighted by molar-refractivity contribution is 0.118. The second-order valence-corrected chi connectivity index (χ2v) is 10.5. The van der Waals surface area contributed by atoms with Crippen LogP contribution in [0.1, 0.15) is 27.7 Å². The summed E-state index contributed by atoms with van der Waals surface area (Å²) in [6.45, 7) is 17.0. The van der Waals surface area contributed by atoms with Crippen molar-refractivity contribution in [3.63, 3.8) is 0 Å². The van der Waals surface area contributed by atoms with E-state index in [1.165, 1.54) is 0 Å². The third kappa shape index (κ3) is 4.09. The summed E-state index contributed by atoms with van der Waals surface area (Å²) in [5.41, 5.74) is 0. The van der Waals surface area contributed by atoms with E-state index in [0.29, 0.717) is 0 Å². The summed E-state index contributed by atoms with van der Waals surface area (Å²) in [6, 6.07) is 0. The highest BCUT2D eigenvalue weighted by atomic mass is 28.4. The van der Waals surface area contributed by atoms with E-state index in [1.54, 1.807) is 6.08 Å². The van der Waals surface area contributed by atoms with Crippen molar-refractivity contribution in [1.82, 2.24) is 0 Å². The molecular formula is C12H26O2Si. The standard InChI is InChI=1S/C12H26O2Si/c1-8-11(10(2)9-13)14-15(6,7)12(3,4)5/h8,10-11,13H,1,9H2,2-7H3/t10-,11-/m1/s1. The molecule has 0 rings (SSSR count). The molecule has 2 atom stereocenters. The van der Waals surface area contributed by atoms with Crippen LogP contribution in [-0.2, 0) is 4.43 Å². The van der Waals surface area contributed by atoms with E-state index in [0.717, 1.165) is 0 Å². The van der Waals surface area contributed by atoms with Crippen molar-refractivity contribution in [3.8, 4) is 0 Å². The van der Waals surface area contributed by atoms with E-state index in [4.69, 9.17) is 9.53 Å². The molecule has 15 heavy (non-hydrogen) atoms. The molecule has 0 fully saturated rings. The van der Waals surface area contributed by atoms with Gasteiger partial charge in [0.1, 0.15) is 0 Å². The van der Waals surface area contributed by atoms with Crippen LogP contribution in [0.15, 0.2) is 12.7 Å². The Balaban J connectivity index is 4.61. The minimum absolute atomic E-state index is 0.0316. The van der Waals surface area contributed by atoms with E-state index in [9.17, 15) is 0 Å². The highest BCUT2D eigenvalue weighted by Gasteiger charge is 2.39. The zero-order valence-corrected chi connectivity index (χ0v) is 12.0. The molecule has 0 aromatic carbocycles. The molecule has 3 heteroatoms. The van der Waals surface area contributed by atoms with Crippen LogP contribution in [0, 0.1) is 5.92 Å². The molecule has 2 nitrogen and oxygen atoms in total. The molecule has 0 aliphatic rings. The Morgan fingerprint density at radius 2 is 1.87 bits per heavy atom. The van der Waals surface area contributed by atoms with Gasteiger partial charge in [-0.2, -0.15) is 0 Å². The summed E-state index contributed by atoms with van der Waals surface area (Å²) in [5, 5.41) is 9.32. The molecular weight excluding hydrogens is 204 g/mol. The molecule has 0 unspecified atom stereocenters. The van der Waals surface area contributed by atoms with Gasteiger partial charge < -0.3 is 9.53 Å². The van der Waals surface area contributed by atoms with Gasteiger partial charge in [0, 0.05) is 12.5 Å². The largest absolute Gasteiger partial charge is 0.410 e. The van der Waals surface area contributed by atoms with Gasteiger partial charge in [0.2, 0.25) is 0 Å². The molecule has 0 amide bonds. The predicted octanol–water partition coefficient (Wildman–Crippen LogP) is 3.19. The number of hydrogen-bond acceptors (Lipinski definition) is 2. The van der Waals surface area contributed by atoms with Gasteiger partial charge >= 0.3 is 0 Å². The van der Waals surface area contributed by atoms with Crippen molar-refractivity contribution in [2.45, 2.75) is 51.9 Å². The zero-order chi connectivity index (χ0) is 12.3. The molecule has 0 saturated heterocycles. The average molecular weight is 230 g/mol. The normalized spacial score (nSPS) is 17.3. The van der Waals surface area contributed by atoms with Crippen LogP contribution in [0.4, 0.5) is 0 Å². The Morgan fingerprint density at radius 3 is 2.13 bits per heavy atom. The van der Waals surface area contributed by atoms with Gasteiger partial charge in [-0.15, -0.1) is 6.58 Å². The lowest BCUT2D eigenvalue weighted by atomic mass is 10.1. The third-order valence-corrected chi connectivity index (χ3v) is 7.79. The minimum Gasteiger partial charge on any atom is -0.410 e. The maximum atomic E-state index is 9.12. The molecule has 0 aromatic heterocycles. The Kier molecular flexibility index (Phi) is 5.24. The van der Waals surface area contributed by atoms with E-state index < -0.39 is 8.32 Å². The fraction of sp³-hybridized carbons (Fsp3) is 0.833. The van der Waals surface area contributed by atoms with Crippen LogP contribution in [0.3, 0.4) is 0 Å². The Labute approximate surface area is 95.5 Å². The molecule has 0 aliphatic carbocycles. The summed E-state index contributed by atoms with van der Waals surface area (Å²) in [5.74, 6) is 0.122. The SMILES string of the molecule is C=C[C@@H](O[Si](C)(C)C(C)(C)C)[C@H](C)CO. The summed E-state index contributed by atoms with van der Waals surface area (Å²) in [4.78, 5) is 0. The van der Waals surface area contributed by atoms with E-state index in [-0.39, 0.29) is 23.7 Å². The van der Waals surface area contributed by atoms with Crippen molar-refractivity contribution in [2.75, 3.05) is 6.61 Å². The van der Waals surface area contributed by atoms with Crippen LogP contribution in [0.25, 0.3) is 0 Å². The molecule has 0 spiro atoms. The smallest absolute Gasteiger partial charge is 0.192 e.